The second kappa shape index (κ2) is 5.86. The summed E-state index contributed by atoms with van der Waals surface area (Å²) in [5, 5.41) is 2.09. The molecule has 0 atom stereocenters. The zero-order chi connectivity index (χ0) is 15.5. The van der Waals surface area contributed by atoms with Crippen LogP contribution in [0.3, 0.4) is 0 Å². The van der Waals surface area contributed by atoms with Gasteiger partial charge in [-0.3, -0.25) is 0 Å². The van der Waals surface area contributed by atoms with Gasteiger partial charge >= 0.3 is 5.97 Å². The van der Waals surface area contributed by atoms with E-state index < -0.39 is 0 Å². The normalized spacial score (nSPS) is 10.4. The Labute approximate surface area is 129 Å². The maximum Gasteiger partial charge on any atom is 0.337 e. The van der Waals surface area contributed by atoms with Crippen molar-refractivity contribution in [2.45, 2.75) is 0 Å². The maximum atomic E-state index is 11.9. The van der Waals surface area contributed by atoms with Crippen LogP contribution in [0.15, 0.2) is 67.2 Å². The van der Waals surface area contributed by atoms with E-state index in [0.29, 0.717) is 5.56 Å². The number of hydrogen-bond donors (Lipinski definition) is 0. The van der Waals surface area contributed by atoms with Gasteiger partial charge in [0.05, 0.1) is 12.7 Å². The Bertz CT molecular complexity index is 848. The summed E-state index contributed by atoms with van der Waals surface area (Å²) in [5.74, 6) is -0.340. The van der Waals surface area contributed by atoms with Crippen molar-refractivity contribution < 1.29 is 9.53 Å². The lowest BCUT2D eigenvalue weighted by Gasteiger charge is -2.11. The molecule has 0 amide bonds. The second-order valence-electron chi connectivity index (χ2n) is 5.03. The molecular weight excluding hydrogens is 272 g/mol. The first-order valence-electron chi connectivity index (χ1n) is 7.07. The SMILES string of the molecule is C=Cc1cc(C(=O)OC)cc2c(-c3ccccc3)cccc12. The van der Waals surface area contributed by atoms with Gasteiger partial charge in [-0.2, -0.15) is 0 Å². The highest BCUT2D eigenvalue weighted by atomic mass is 16.5. The Morgan fingerprint density at radius 3 is 2.45 bits per heavy atom. The molecule has 0 N–H and O–H groups in total. The van der Waals surface area contributed by atoms with Crippen LogP contribution in [0.4, 0.5) is 0 Å². The minimum atomic E-state index is -0.340. The summed E-state index contributed by atoms with van der Waals surface area (Å²) in [6, 6.07) is 20.0. The number of carbonyl (C=O) groups is 1. The minimum Gasteiger partial charge on any atom is -0.465 e. The van der Waals surface area contributed by atoms with E-state index in [4.69, 9.17) is 4.74 Å². The van der Waals surface area contributed by atoms with E-state index in [9.17, 15) is 4.79 Å². The molecule has 0 saturated carbocycles. The molecule has 0 aromatic heterocycles. The molecule has 3 aromatic rings. The molecule has 22 heavy (non-hydrogen) atoms. The Morgan fingerprint density at radius 2 is 1.77 bits per heavy atom. The van der Waals surface area contributed by atoms with Crippen molar-refractivity contribution in [3.05, 3.63) is 78.4 Å². The average molecular weight is 288 g/mol. The predicted octanol–water partition coefficient (Wildman–Crippen LogP) is 4.94. The molecule has 2 nitrogen and oxygen atoms in total. The van der Waals surface area contributed by atoms with Crippen molar-refractivity contribution in [3.63, 3.8) is 0 Å². The molecule has 0 bridgehead atoms. The van der Waals surface area contributed by atoms with Crippen molar-refractivity contribution in [2.75, 3.05) is 7.11 Å². The van der Waals surface area contributed by atoms with Crippen molar-refractivity contribution in [2.24, 2.45) is 0 Å². The smallest absolute Gasteiger partial charge is 0.337 e. The fraction of sp³-hybridized carbons (Fsp3) is 0.0500. The predicted molar refractivity (Wildman–Crippen MR) is 90.8 cm³/mol. The lowest BCUT2D eigenvalue weighted by molar-refractivity contribution is 0.0601. The monoisotopic (exact) mass is 288 g/mol. The summed E-state index contributed by atoms with van der Waals surface area (Å²) in [6.45, 7) is 3.86. The van der Waals surface area contributed by atoms with E-state index in [1.165, 1.54) is 7.11 Å². The third kappa shape index (κ3) is 2.40. The van der Waals surface area contributed by atoms with E-state index in [-0.39, 0.29) is 5.97 Å². The zero-order valence-corrected chi connectivity index (χ0v) is 12.4. The molecule has 0 aliphatic heterocycles. The molecular formula is C20H16O2. The number of methoxy groups -OCH3 is 1. The topological polar surface area (TPSA) is 26.3 Å². The van der Waals surface area contributed by atoms with Crippen molar-refractivity contribution in [3.8, 4) is 11.1 Å². The fourth-order valence-corrected chi connectivity index (χ4v) is 2.69. The molecule has 108 valence electrons. The van der Waals surface area contributed by atoms with Crippen LogP contribution in [0.2, 0.25) is 0 Å². The van der Waals surface area contributed by atoms with Gasteiger partial charge in [0.25, 0.3) is 0 Å². The number of carbonyl (C=O) groups excluding carboxylic acids is 1. The highest BCUT2D eigenvalue weighted by molar-refractivity contribution is 6.05. The molecule has 0 saturated heterocycles. The molecule has 0 fully saturated rings. The van der Waals surface area contributed by atoms with Gasteiger partial charge in [-0.1, -0.05) is 61.2 Å². The van der Waals surface area contributed by atoms with Crippen LogP contribution in [0.25, 0.3) is 28.0 Å². The minimum absolute atomic E-state index is 0.340. The quantitative estimate of drug-likeness (QED) is 0.638. The standard InChI is InChI=1S/C20H16O2/c1-3-14-12-16(20(21)22-2)13-19-17(14)10-7-11-18(19)15-8-5-4-6-9-15/h3-13H,1H2,2H3. The average Bonchev–Trinajstić information content (AvgIpc) is 2.60. The molecule has 0 heterocycles. The molecule has 3 rings (SSSR count). The zero-order valence-electron chi connectivity index (χ0n) is 12.4. The Morgan fingerprint density at radius 1 is 1.00 bits per heavy atom. The fourth-order valence-electron chi connectivity index (χ4n) is 2.69. The van der Waals surface area contributed by atoms with Crippen LogP contribution in [0.5, 0.6) is 0 Å². The van der Waals surface area contributed by atoms with Crippen LogP contribution in [0.1, 0.15) is 15.9 Å². The first-order valence-corrected chi connectivity index (χ1v) is 7.07. The Kier molecular flexibility index (Phi) is 3.75. The van der Waals surface area contributed by atoms with Crippen molar-refractivity contribution in [1.82, 2.24) is 0 Å². The molecule has 2 heteroatoms. The van der Waals surface area contributed by atoms with Crippen LogP contribution in [-0.2, 0) is 4.74 Å². The summed E-state index contributed by atoms with van der Waals surface area (Å²) >= 11 is 0. The van der Waals surface area contributed by atoms with Crippen molar-refractivity contribution in [1.29, 1.82) is 0 Å². The maximum absolute atomic E-state index is 11.9. The molecule has 0 aliphatic rings. The third-order valence-corrected chi connectivity index (χ3v) is 3.75. The summed E-state index contributed by atoms with van der Waals surface area (Å²) < 4.78 is 4.86. The summed E-state index contributed by atoms with van der Waals surface area (Å²) in [6.07, 6.45) is 1.77. The lowest BCUT2D eigenvalue weighted by Crippen LogP contribution is -2.02. The van der Waals surface area contributed by atoms with Gasteiger partial charge in [0, 0.05) is 0 Å². The van der Waals surface area contributed by atoms with Crippen LogP contribution in [0, 0.1) is 0 Å². The number of benzene rings is 3. The molecule has 0 aliphatic carbocycles. The number of fused-ring (bicyclic) bond motifs is 1. The van der Waals surface area contributed by atoms with E-state index in [2.05, 4.69) is 24.8 Å². The highest BCUT2D eigenvalue weighted by Gasteiger charge is 2.12. The first kappa shape index (κ1) is 14.1. The molecule has 0 spiro atoms. The third-order valence-electron chi connectivity index (χ3n) is 3.75. The number of rotatable bonds is 3. The number of hydrogen-bond acceptors (Lipinski definition) is 2. The van der Waals surface area contributed by atoms with Crippen molar-refractivity contribution >= 4 is 22.8 Å². The number of ether oxygens (including phenoxy) is 1. The van der Waals surface area contributed by atoms with Gasteiger partial charge in [0.2, 0.25) is 0 Å². The lowest BCUT2D eigenvalue weighted by atomic mass is 9.93. The Balaban J connectivity index is 2.35. The van der Waals surface area contributed by atoms with E-state index in [0.717, 1.165) is 27.5 Å². The van der Waals surface area contributed by atoms with Gasteiger partial charge in [0.1, 0.15) is 0 Å². The first-order chi connectivity index (χ1) is 10.7. The highest BCUT2D eigenvalue weighted by Crippen LogP contribution is 2.32. The Hall–Kier alpha value is -2.87. The van der Waals surface area contributed by atoms with E-state index in [1.807, 2.05) is 42.5 Å². The molecule has 3 aromatic carbocycles. The molecule has 0 radical (unpaired) electrons. The van der Waals surface area contributed by atoms with Crippen LogP contribution < -0.4 is 0 Å². The van der Waals surface area contributed by atoms with Gasteiger partial charge < -0.3 is 4.74 Å². The van der Waals surface area contributed by atoms with Crippen LogP contribution in [-0.4, -0.2) is 13.1 Å². The largest absolute Gasteiger partial charge is 0.465 e. The van der Waals surface area contributed by atoms with E-state index in [1.54, 1.807) is 6.08 Å². The number of esters is 1. The molecule has 0 unspecified atom stereocenters. The summed E-state index contributed by atoms with van der Waals surface area (Å²) in [7, 11) is 1.39. The van der Waals surface area contributed by atoms with Gasteiger partial charge in [-0.25, -0.2) is 4.79 Å². The van der Waals surface area contributed by atoms with Crippen LogP contribution >= 0.6 is 0 Å². The van der Waals surface area contributed by atoms with Gasteiger partial charge in [-0.05, 0) is 39.6 Å². The summed E-state index contributed by atoms with van der Waals surface area (Å²) in [4.78, 5) is 11.9. The second-order valence-corrected chi connectivity index (χ2v) is 5.03. The van der Waals surface area contributed by atoms with Gasteiger partial charge in [0.15, 0.2) is 0 Å². The van der Waals surface area contributed by atoms with Gasteiger partial charge in [-0.15, -0.1) is 0 Å². The summed E-state index contributed by atoms with van der Waals surface area (Å²) in [5.41, 5.74) is 3.67. The van der Waals surface area contributed by atoms with E-state index >= 15 is 0 Å².